The highest BCUT2D eigenvalue weighted by molar-refractivity contribution is 6.61. The normalized spacial score (nSPS) is 14.5. The number of carbonyl (C=O) groups excluding carboxylic acids is 10. The van der Waals surface area contributed by atoms with Gasteiger partial charge in [0, 0.05) is 65.1 Å². The van der Waals surface area contributed by atoms with Crippen molar-refractivity contribution in [1.29, 1.82) is 15.9 Å². The average Bonchev–Trinajstić information content (AvgIpc) is 1.73. The molecule has 4 aliphatic rings. The number of hydrogen-bond acceptors (Lipinski definition) is 27. The summed E-state index contributed by atoms with van der Waals surface area (Å²) in [4.78, 5) is 113. The molecule has 8 aromatic rings. The predicted octanol–water partition coefficient (Wildman–Crippen LogP) is 12.8. The number of nitrogens with zero attached hydrogens (tertiary/aromatic N) is 3. The molecule has 0 bridgehead atoms. The number of esters is 4. The fourth-order valence-corrected chi connectivity index (χ4v) is 11.4. The number of ether oxygens (including phenoxy) is 8. The molecule has 4 atom stereocenters. The molecule has 671 valence electrons. The zero-order valence-electron chi connectivity index (χ0n) is 71.7. The second-order valence-corrected chi connectivity index (χ2v) is 30.3. The van der Waals surface area contributed by atoms with Crippen LogP contribution in [0.1, 0.15) is 155 Å². The molecule has 7 N–H and O–H groups in total. The van der Waals surface area contributed by atoms with Crippen LogP contribution in [0.15, 0.2) is 199 Å². The Labute approximate surface area is 740 Å². The highest BCUT2D eigenvalue weighted by atomic mass is 19.1. The van der Waals surface area contributed by atoms with Gasteiger partial charge >= 0.3 is 58.5 Å². The van der Waals surface area contributed by atoms with E-state index in [1.807, 2.05) is 31.2 Å². The van der Waals surface area contributed by atoms with Crippen molar-refractivity contribution in [3.05, 3.63) is 256 Å². The van der Waals surface area contributed by atoms with Crippen molar-refractivity contribution in [2.45, 2.75) is 156 Å². The van der Waals surface area contributed by atoms with E-state index < -0.39 is 66.4 Å². The van der Waals surface area contributed by atoms with E-state index in [4.69, 9.17) is 89.6 Å². The van der Waals surface area contributed by atoms with E-state index in [1.165, 1.54) is 37.1 Å². The van der Waals surface area contributed by atoms with Crippen molar-refractivity contribution in [3.63, 3.8) is 0 Å². The number of rotatable bonds is 30. The summed E-state index contributed by atoms with van der Waals surface area (Å²) in [6.45, 7) is 13.9. The van der Waals surface area contributed by atoms with Gasteiger partial charge in [-0.05, 0) is 207 Å². The van der Waals surface area contributed by atoms with E-state index in [0.29, 0.717) is 81.1 Å². The van der Waals surface area contributed by atoms with Crippen LogP contribution < -0.4 is 35.9 Å². The molecule has 128 heavy (non-hydrogen) atoms. The maximum absolute atomic E-state index is 13.6. The average molecular weight is 1760 g/mol. The van der Waals surface area contributed by atoms with Crippen LogP contribution in [-0.2, 0) is 97.7 Å². The molecule has 8 aromatic carbocycles. The number of carbonyl (C=O) groups is 8. The Kier molecular flexibility index (Phi) is 45.5. The van der Waals surface area contributed by atoms with Crippen molar-refractivity contribution in [3.8, 4) is 35.5 Å². The number of amides is 2. The third kappa shape index (κ3) is 37.6. The molecule has 1 radical (unpaired) electrons. The van der Waals surface area contributed by atoms with Crippen molar-refractivity contribution in [2.24, 2.45) is 27.3 Å². The lowest BCUT2D eigenvalue weighted by Gasteiger charge is -2.20. The number of ketones is 2. The Hall–Kier alpha value is -13.7. The van der Waals surface area contributed by atoms with E-state index in [0.717, 1.165) is 38.4 Å². The lowest BCUT2D eigenvalue weighted by atomic mass is 9.57. The summed E-state index contributed by atoms with van der Waals surface area (Å²) in [6.07, 6.45) is 9.32. The van der Waals surface area contributed by atoms with Crippen molar-refractivity contribution < 1.29 is 127 Å². The molecule has 0 aromatic heterocycles. The standard InChI is InChI=1S/C20H17BFNO5.C19H19BFN2O4.C18H17FN2O2.C13H12BFO3.C10H18O3.C6H8BNO3.C4H8O.CO2/c22-18-4-2-1-3-15(18)11-26-16-7-5-14(6-8-16)19(24)10-9-17-20(25)27-12-21(17)28-13-23;21-17-4-2-1-3-14(17)11-26-15-7-5-13(6-8-15)18(24)10-9-16(19(23)25)20-27-12-22;19-15-4-2-1-3-13(15)11-23-14-7-5-12(6-8-14)16-9-10-17(21-16)18(20)22;15-13-4-2-1-3-10(13)9-18-12-7-5-11(6-8-12)14(16)17;1-9(2,3)7(11)13-8(12)10(4,5)6;1-2-5-6(9)10-3-7(5)11-4-8;1-2-4-5-3-1;2-1-3/h1-8,17H,9-12H2;1-8,12,16,22H,9-11H2,(H2,23,25);1-8,17H,9-11H2,(H2,20,22);1-8,16-17H,9H2;1-6H3;5H,2-3H2,1H3;1-4H2;/t;16-;17-;;;;;/m.00...../s1. The van der Waals surface area contributed by atoms with Gasteiger partial charge in [-0.3, -0.25) is 48.8 Å². The summed E-state index contributed by atoms with van der Waals surface area (Å²) in [6, 6.07) is 51.9. The molecule has 29 nitrogen and oxygen atoms in total. The molecule has 0 spiro atoms. The molecule has 37 heteroatoms. The minimum Gasteiger partial charge on any atom is -0.555 e. The SMILES string of the molecule is C1CCOC1.CC(C)(C)C(=O)OC(=O)C(C)(C)C.CCC1B(OC#N)COC1=O.N#COB1COC(=O)C1CCC(=O)c1ccc(OCc2ccccc2F)cc1.N=CO[B][C@@H](CCC(=O)c1ccc(OCc2ccccc2F)cc1)C(N)=O.NC(=O)[C@@H]1CCC(c2ccc(OCc3ccccc3F)cc2)=N1.O=C=O.OB(O)c1ccc(OCc2ccccc2F)cc1. The van der Waals surface area contributed by atoms with Gasteiger partial charge in [0.25, 0.3) is 12.5 Å². The summed E-state index contributed by atoms with van der Waals surface area (Å²) in [7, 11) is -0.354. The first-order chi connectivity index (χ1) is 61.1. The Balaban J connectivity index is 0.000000273. The topological polar surface area (TPSA) is 449 Å². The fourth-order valence-electron chi connectivity index (χ4n) is 11.4. The summed E-state index contributed by atoms with van der Waals surface area (Å²) in [5.41, 5.74) is 14.3. The van der Waals surface area contributed by atoms with E-state index >= 15 is 0 Å². The van der Waals surface area contributed by atoms with Crippen LogP contribution in [0.4, 0.5) is 17.6 Å². The zero-order chi connectivity index (χ0) is 94.1. The van der Waals surface area contributed by atoms with Crippen LogP contribution in [0.5, 0.6) is 23.0 Å². The van der Waals surface area contributed by atoms with E-state index in [2.05, 4.69) is 14.3 Å². The number of hydrogen-bond donors (Lipinski definition) is 5. The molecule has 12 rings (SSSR count). The molecule has 3 fully saturated rings. The van der Waals surface area contributed by atoms with Crippen LogP contribution >= 0.6 is 0 Å². The largest absolute Gasteiger partial charge is 0.555 e. The van der Waals surface area contributed by atoms with E-state index in [-0.39, 0.29) is 131 Å². The minimum absolute atomic E-state index is 0.0271. The number of nitrogens with two attached hydrogens (primary N) is 2. The lowest BCUT2D eigenvalue weighted by molar-refractivity contribution is -0.192. The highest BCUT2D eigenvalue weighted by Crippen LogP contribution is 2.30. The number of benzene rings is 8. The van der Waals surface area contributed by atoms with Gasteiger partial charge in [-0.15, -0.1) is 0 Å². The Morgan fingerprint density at radius 2 is 0.945 bits per heavy atom. The Morgan fingerprint density at radius 3 is 1.27 bits per heavy atom. The monoisotopic (exact) mass is 1760 g/mol. The van der Waals surface area contributed by atoms with Crippen molar-refractivity contribution in [1.82, 2.24) is 0 Å². The molecule has 2 amide bonds. The molecule has 0 aliphatic carbocycles. The predicted molar refractivity (Wildman–Crippen MR) is 463 cm³/mol. The van der Waals surface area contributed by atoms with Crippen LogP contribution in [0.2, 0.25) is 17.5 Å². The quantitative estimate of drug-likeness (QED) is 0.00321. The molecule has 4 aliphatic heterocycles. The molecule has 2 unspecified atom stereocenters. The summed E-state index contributed by atoms with van der Waals surface area (Å²) in [5.74, 6) is -3.63. The van der Waals surface area contributed by atoms with Gasteiger partial charge in [0.05, 0.1) is 28.3 Å². The summed E-state index contributed by atoms with van der Waals surface area (Å²) in [5, 5.41) is 41.4. The third-order valence-corrected chi connectivity index (χ3v) is 18.8. The number of primary amides is 2. The van der Waals surface area contributed by atoms with Crippen LogP contribution in [-0.4, -0.2) is 136 Å². The van der Waals surface area contributed by atoms with Gasteiger partial charge in [-0.25, -0.2) is 17.6 Å². The fraction of sp³-hybridized carbons (Fsp3) is 0.330. The van der Waals surface area contributed by atoms with E-state index in [1.54, 1.807) is 200 Å². The first kappa shape index (κ1) is 105. The number of halogens is 4. The first-order valence-electron chi connectivity index (χ1n) is 40.3. The number of nitriles is 2. The second kappa shape index (κ2) is 55.6. The number of cyclic esters (lactones) is 2. The van der Waals surface area contributed by atoms with Gasteiger partial charge < -0.3 is 73.4 Å². The van der Waals surface area contributed by atoms with Gasteiger partial charge in [0.1, 0.15) is 98.1 Å². The molecular weight excluding hydrogens is 1660 g/mol. The van der Waals surface area contributed by atoms with Gasteiger partial charge in [-0.1, -0.05) is 91.9 Å². The lowest BCUT2D eigenvalue weighted by Crippen LogP contribution is -2.31. The Bertz CT molecular complexity index is 5030. The van der Waals surface area contributed by atoms with Gasteiger partial charge in [0.2, 0.25) is 11.8 Å². The van der Waals surface area contributed by atoms with E-state index in [9.17, 15) is 55.9 Å². The van der Waals surface area contributed by atoms with Crippen LogP contribution in [0, 0.1) is 62.5 Å². The number of nitrogens with one attached hydrogen (secondary N) is 1. The smallest absolute Gasteiger partial charge is 0.488 e. The molecule has 3 saturated heterocycles. The zero-order valence-corrected chi connectivity index (χ0v) is 71.7. The molecule has 0 saturated carbocycles. The summed E-state index contributed by atoms with van der Waals surface area (Å²) >= 11 is 0. The van der Waals surface area contributed by atoms with Crippen LogP contribution in [0.25, 0.3) is 0 Å². The Morgan fingerprint density at radius 1 is 0.578 bits per heavy atom. The number of Topliss-reactive ketones (excluding diaryl/α,β-unsaturated/α-hetero) is 2. The first-order valence-corrected chi connectivity index (χ1v) is 40.3. The molecular formula is C91H99B4F4N6O23. The maximum Gasteiger partial charge on any atom is 0.488 e. The third-order valence-electron chi connectivity index (χ3n) is 18.8. The number of aliphatic imine (C=N–C) groups is 1. The highest BCUT2D eigenvalue weighted by Gasteiger charge is 2.45. The summed E-state index contributed by atoms with van der Waals surface area (Å²) < 4.78 is 109. The maximum atomic E-state index is 13.6. The minimum atomic E-state index is -1.49. The van der Waals surface area contributed by atoms with Crippen LogP contribution in [0.3, 0.4) is 0 Å². The van der Waals surface area contributed by atoms with Gasteiger partial charge in [-0.2, -0.15) is 20.1 Å². The van der Waals surface area contributed by atoms with Gasteiger partial charge in [0.15, 0.2) is 11.6 Å². The second-order valence-electron chi connectivity index (χ2n) is 30.3. The van der Waals surface area contributed by atoms with Crippen molar-refractivity contribution >= 4 is 99.4 Å². The molecule has 4 heterocycles. The van der Waals surface area contributed by atoms with Crippen molar-refractivity contribution in [2.75, 3.05) is 26.2 Å².